The number of carbonyl (C=O) groups is 2. The molecule has 0 saturated heterocycles. The van der Waals surface area contributed by atoms with Crippen molar-refractivity contribution < 1.29 is 9.59 Å². The molecule has 0 spiro atoms. The molecule has 0 aromatic rings. The van der Waals surface area contributed by atoms with Crippen LogP contribution in [-0.2, 0) is 9.59 Å². The first-order chi connectivity index (χ1) is 7.61. The lowest BCUT2D eigenvalue weighted by molar-refractivity contribution is -0.124. The van der Waals surface area contributed by atoms with E-state index in [2.05, 4.69) is 20.8 Å². The molecular formula is C14H26O2. The van der Waals surface area contributed by atoms with E-state index in [0.717, 1.165) is 44.7 Å². The van der Waals surface area contributed by atoms with Gasteiger partial charge in [0.1, 0.15) is 12.6 Å². The second-order valence-corrected chi connectivity index (χ2v) is 4.82. The maximum absolute atomic E-state index is 11.5. The van der Waals surface area contributed by atoms with E-state index in [1.807, 2.05) is 6.92 Å². The maximum Gasteiger partial charge on any atom is 0.126 e. The molecule has 0 rings (SSSR count). The van der Waals surface area contributed by atoms with Gasteiger partial charge in [-0.3, -0.25) is 0 Å². The molecule has 3 unspecified atom stereocenters. The van der Waals surface area contributed by atoms with Gasteiger partial charge < -0.3 is 9.59 Å². The lowest BCUT2D eigenvalue weighted by Crippen LogP contribution is -2.36. The molecule has 16 heavy (non-hydrogen) atoms. The molecular weight excluding hydrogens is 200 g/mol. The van der Waals surface area contributed by atoms with Gasteiger partial charge in [0, 0.05) is 11.3 Å². The van der Waals surface area contributed by atoms with E-state index in [-0.39, 0.29) is 17.3 Å². The van der Waals surface area contributed by atoms with Crippen LogP contribution < -0.4 is 0 Å². The van der Waals surface area contributed by atoms with Gasteiger partial charge in [-0.15, -0.1) is 0 Å². The molecule has 2 nitrogen and oxygen atoms in total. The van der Waals surface area contributed by atoms with Gasteiger partial charge in [0.05, 0.1) is 0 Å². The van der Waals surface area contributed by atoms with Crippen molar-refractivity contribution >= 4 is 12.6 Å². The smallest absolute Gasteiger partial charge is 0.126 e. The summed E-state index contributed by atoms with van der Waals surface area (Å²) in [6, 6.07) is 0. The molecule has 0 saturated carbocycles. The Morgan fingerprint density at radius 2 is 1.81 bits per heavy atom. The van der Waals surface area contributed by atoms with Crippen LogP contribution in [0.25, 0.3) is 0 Å². The normalized spacial score (nSPS) is 18.5. The fourth-order valence-electron chi connectivity index (χ4n) is 2.76. The van der Waals surface area contributed by atoms with Crippen molar-refractivity contribution in [1.29, 1.82) is 0 Å². The second kappa shape index (κ2) is 7.59. The number of hydrogen-bond donors (Lipinski definition) is 0. The Hall–Kier alpha value is -0.660. The summed E-state index contributed by atoms with van der Waals surface area (Å²) in [4.78, 5) is 22.4. The van der Waals surface area contributed by atoms with Gasteiger partial charge in [-0.25, -0.2) is 0 Å². The van der Waals surface area contributed by atoms with Crippen LogP contribution in [0, 0.1) is 17.3 Å². The SMILES string of the molecule is CCCCC(C=O)(CC)C(CC)C(C)C=O. The Morgan fingerprint density at radius 1 is 1.19 bits per heavy atom. The third-order valence-corrected chi connectivity index (χ3v) is 3.92. The average Bonchev–Trinajstić information content (AvgIpc) is 2.34. The van der Waals surface area contributed by atoms with Gasteiger partial charge in [-0.1, -0.05) is 47.0 Å². The maximum atomic E-state index is 11.5. The first-order valence-corrected chi connectivity index (χ1v) is 6.53. The van der Waals surface area contributed by atoms with Crippen molar-refractivity contribution in [1.82, 2.24) is 0 Å². The number of rotatable bonds is 9. The molecule has 3 atom stereocenters. The highest BCUT2D eigenvalue weighted by atomic mass is 16.1. The third-order valence-electron chi connectivity index (χ3n) is 3.92. The summed E-state index contributed by atoms with van der Waals surface area (Å²) in [7, 11) is 0. The molecule has 0 aliphatic carbocycles. The number of unbranched alkanes of at least 4 members (excludes halogenated alkanes) is 1. The van der Waals surface area contributed by atoms with Crippen LogP contribution in [0.1, 0.15) is 59.8 Å². The summed E-state index contributed by atoms with van der Waals surface area (Å²) in [5.74, 6) is 0.172. The summed E-state index contributed by atoms with van der Waals surface area (Å²) in [6.07, 6.45) is 6.92. The minimum Gasteiger partial charge on any atom is -0.303 e. The van der Waals surface area contributed by atoms with Gasteiger partial charge in [-0.2, -0.15) is 0 Å². The fourth-order valence-corrected chi connectivity index (χ4v) is 2.76. The highest BCUT2D eigenvalue weighted by Gasteiger charge is 2.38. The summed E-state index contributed by atoms with van der Waals surface area (Å²) in [5.41, 5.74) is -0.287. The average molecular weight is 226 g/mol. The predicted octanol–water partition coefficient (Wildman–Crippen LogP) is 3.63. The standard InChI is InChI=1S/C14H26O2/c1-5-8-9-14(7-3,11-16)13(6-2)12(4)10-15/h10-13H,5-9H2,1-4H3. The molecule has 0 aliphatic heterocycles. The second-order valence-electron chi connectivity index (χ2n) is 4.82. The zero-order chi connectivity index (χ0) is 12.6. The molecule has 0 fully saturated rings. The van der Waals surface area contributed by atoms with Crippen molar-refractivity contribution in [3.05, 3.63) is 0 Å². The molecule has 0 aromatic heterocycles. The Bertz CT molecular complexity index is 213. The Kier molecular flexibility index (Phi) is 7.27. The van der Waals surface area contributed by atoms with E-state index in [1.54, 1.807) is 0 Å². The van der Waals surface area contributed by atoms with Gasteiger partial charge in [-0.05, 0) is 18.8 Å². The number of hydrogen-bond acceptors (Lipinski definition) is 2. The van der Waals surface area contributed by atoms with Crippen LogP contribution in [0.5, 0.6) is 0 Å². The monoisotopic (exact) mass is 226 g/mol. The molecule has 0 N–H and O–H groups in total. The molecule has 0 bridgehead atoms. The zero-order valence-electron chi connectivity index (χ0n) is 11.2. The van der Waals surface area contributed by atoms with Gasteiger partial charge >= 0.3 is 0 Å². The van der Waals surface area contributed by atoms with Crippen LogP contribution in [-0.4, -0.2) is 12.6 Å². The summed E-state index contributed by atoms with van der Waals surface area (Å²) in [5, 5.41) is 0. The quantitative estimate of drug-likeness (QED) is 0.563. The minimum atomic E-state index is -0.287. The van der Waals surface area contributed by atoms with Crippen molar-refractivity contribution in [3.63, 3.8) is 0 Å². The first kappa shape index (κ1) is 15.3. The van der Waals surface area contributed by atoms with Gasteiger partial charge in [0.25, 0.3) is 0 Å². The van der Waals surface area contributed by atoms with E-state index in [4.69, 9.17) is 0 Å². The van der Waals surface area contributed by atoms with Crippen LogP contribution >= 0.6 is 0 Å². The molecule has 94 valence electrons. The van der Waals surface area contributed by atoms with E-state index < -0.39 is 0 Å². The van der Waals surface area contributed by atoms with E-state index >= 15 is 0 Å². The zero-order valence-corrected chi connectivity index (χ0v) is 11.2. The van der Waals surface area contributed by atoms with E-state index in [9.17, 15) is 9.59 Å². The molecule has 0 amide bonds. The number of carbonyl (C=O) groups excluding carboxylic acids is 2. The van der Waals surface area contributed by atoms with Gasteiger partial charge in [0.15, 0.2) is 0 Å². The van der Waals surface area contributed by atoms with E-state index in [1.165, 1.54) is 0 Å². The molecule has 0 radical (unpaired) electrons. The van der Waals surface area contributed by atoms with Crippen LogP contribution in [0.3, 0.4) is 0 Å². The molecule has 0 heterocycles. The summed E-state index contributed by atoms with van der Waals surface area (Å²) in [6.45, 7) is 8.20. The summed E-state index contributed by atoms with van der Waals surface area (Å²) < 4.78 is 0. The van der Waals surface area contributed by atoms with Crippen molar-refractivity contribution in [3.8, 4) is 0 Å². The minimum absolute atomic E-state index is 0.0213. The van der Waals surface area contributed by atoms with Crippen molar-refractivity contribution in [2.45, 2.75) is 59.8 Å². The molecule has 2 heteroatoms. The Labute approximate surface area is 99.8 Å². The van der Waals surface area contributed by atoms with Gasteiger partial charge in [0.2, 0.25) is 0 Å². The third kappa shape index (κ3) is 3.43. The van der Waals surface area contributed by atoms with Crippen molar-refractivity contribution in [2.75, 3.05) is 0 Å². The summed E-state index contributed by atoms with van der Waals surface area (Å²) >= 11 is 0. The topological polar surface area (TPSA) is 34.1 Å². The highest BCUT2D eigenvalue weighted by molar-refractivity contribution is 5.62. The lowest BCUT2D eigenvalue weighted by atomic mass is 9.65. The van der Waals surface area contributed by atoms with Crippen LogP contribution in [0.4, 0.5) is 0 Å². The van der Waals surface area contributed by atoms with Crippen molar-refractivity contribution in [2.24, 2.45) is 17.3 Å². The van der Waals surface area contributed by atoms with Crippen LogP contribution in [0.15, 0.2) is 0 Å². The van der Waals surface area contributed by atoms with E-state index in [0.29, 0.717) is 0 Å². The highest BCUT2D eigenvalue weighted by Crippen LogP contribution is 2.40. The fraction of sp³-hybridized carbons (Fsp3) is 0.857. The molecule has 0 aliphatic rings. The Balaban J connectivity index is 4.94. The molecule has 0 aromatic carbocycles. The first-order valence-electron chi connectivity index (χ1n) is 6.53. The lowest BCUT2D eigenvalue weighted by Gasteiger charge is -2.37. The predicted molar refractivity (Wildman–Crippen MR) is 67.3 cm³/mol. The Morgan fingerprint density at radius 3 is 2.12 bits per heavy atom. The largest absolute Gasteiger partial charge is 0.303 e. The number of aldehydes is 2. The van der Waals surface area contributed by atoms with Crippen LogP contribution in [0.2, 0.25) is 0 Å².